The minimum atomic E-state index is -0.856. The smallest absolute Gasteiger partial charge is 0.325 e. The molecule has 0 amide bonds. The summed E-state index contributed by atoms with van der Waals surface area (Å²) in [6.45, 7) is 2.56. The third-order valence-electron chi connectivity index (χ3n) is 3.16. The van der Waals surface area contributed by atoms with Gasteiger partial charge in [0.1, 0.15) is 5.54 Å². The maximum atomic E-state index is 11.6. The summed E-state index contributed by atoms with van der Waals surface area (Å²) < 4.78 is 1.55. The van der Waals surface area contributed by atoms with E-state index in [1.807, 2.05) is 6.92 Å². The fraction of sp³-hybridized carbons (Fsp3) is 0.800. The number of likely N-dealkylation sites (N-methyl/N-ethyl adjacent to an activating group) is 1. The highest BCUT2D eigenvalue weighted by Gasteiger charge is 2.50. The molecule has 1 saturated carbocycles. The summed E-state index contributed by atoms with van der Waals surface area (Å²) in [6.07, 6.45) is 1.94. The van der Waals surface area contributed by atoms with Crippen LogP contribution >= 0.6 is 11.8 Å². The molecule has 1 aliphatic carbocycles. The fourth-order valence-electron chi connectivity index (χ4n) is 2.04. The van der Waals surface area contributed by atoms with Crippen LogP contribution < -0.4 is 5.32 Å². The van der Waals surface area contributed by atoms with E-state index in [2.05, 4.69) is 20.8 Å². The molecule has 0 radical (unpaired) electrons. The van der Waals surface area contributed by atoms with Crippen LogP contribution in [-0.4, -0.2) is 49.1 Å². The van der Waals surface area contributed by atoms with Gasteiger partial charge in [0.25, 0.3) is 0 Å². The van der Waals surface area contributed by atoms with Gasteiger partial charge in [-0.15, -0.1) is 5.10 Å². The van der Waals surface area contributed by atoms with Crippen LogP contribution in [0.1, 0.15) is 19.8 Å². The van der Waals surface area contributed by atoms with Gasteiger partial charge in [-0.25, -0.2) is 4.68 Å². The van der Waals surface area contributed by atoms with Gasteiger partial charge < -0.3 is 10.4 Å². The standard InChI is InChI=1S/C10H17N5O2S/c1-3-11-10(8(16)17,7-4-5-7)6-18-9-12-13-14-15(9)2/h7,11H,3-6H2,1-2H3,(H,16,17). The zero-order chi connectivity index (χ0) is 13.2. The molecular weight excluding hydrogens is 254 g/mol. The number of aromatic nitrogens is 4. The highest BCUT2D eigenvalue weighted by molar-refractivity contribution is 7.99. The van der Waals surface area contributed by atoms with Gasteiger partial charge in [-0.05, 0) is 35.7 Å². The van der Waals surface area contributed by atoms with Gasteiger partial charge in [-0.3, -0.25) is 4.79 Å². The first kappa shape index (κ1) is 13.3. The first-order valence-corrected chi connectivity index (χ1v) is 6.92. The minimum absolute atomic E-state index is 0.212. The van der Waals surface area contributed by atoms with Crippen LogP contribution in [-0.2, 0) is 11.8 Å². The normalized spacial score (nSPS) is 18.6. The Balaban J connectivity index is 2.10. The van der Waals surface area contributed by atoms with Gasteiger partial charge in [-0.2, -0.15) is 0 Å². The molecule has 2 rings (SSSR count). The zero-order valence-corrected chi connectivity index (χ0v) is 11.3. The van der Waals surface area contributed by atoms with Crippen LogP contribution in [0.3, 0.4) is 0 Å². The number of tetrazole rings is 1. The average Bonchev–Trinajstić information content (AvgIpc) is 3.09. The maximum absolute atomic E-state index is 11.6. The van der Waals surface area contributed by atoms with E-state index in [0.29, 0.717) is 17.5 Å². The van der Waals surface area contributed by atoms with Crippen LogP contribution in [0.25, 0.3) is 0 Å². The Bertz CT molecular complexity index is 434. The van der Waals surface area contributed by atoms with Crippen LogP contribution in [0.2, 0.25) is 0 Å². The second-order valence-electron chi connectivity index (χ2n) is 4.45. The Morgan fingerprint density at radius 3 is 2.83 bits per heavy atom. The third-order valence-corrected chi connectivity index (χ3v) is 4.36. The fourth-order valence-corrected chi connectivity index (χ4v) is 3.17. The van der Waals surface area contributed by atoms with Crippen molar-refractivity contribution in [1.82, 2.24) is 25.5 Å². The second-order valence-corrected chi connectivity index (χ2v) is 5.40. The molecule has 0 spiro atoms. The van der Waals surface area contributed by atoms with Crippen molar-refractivity contribution in [3.63, 3.8) is 0 Å². The molecule has 1 fully saturated rings. The highest BCUT2D eigenvalue weighted by atomic mass is 32.2. The van der Waals surface area contributed by atoms with Crippen LogP contribution in [0.4, 0.5) is 0 Å². The molecule has 1 atom stereocenters. The number of rotatable bonds is 7. The number of nitrogens with zero attached hydrogens (tertiary/aromatic N) is 4. The van der Waals surface area contributed by atoms with Gasteiger partial charge in [-0.1, -0.05) is 18.7 Å². The first-order valence-electron chi connectivity index (χ1n) is 5.93. The van der Waals surface area contributed by atoms with Gasteiger partial charge >= 0.3 is 5.97 Å². The summed E-state index contributed by atoms with van der Waals surface area (Å²) >= 11 is 1.38. The molecule has 1 unspecified atom stereocenters. The Kier molecular flexibility index (Phi) is 3.86. The molecule has 0 aromatic carbocycles. The molecule has 18 heavy (non-hydrogen) atoms. The number of hydrogen-bond acceptors (Lipinski definition) is 6. The number of thioether (sulfide) groups is 1. The summed E-state index contributed by atoms with van der Waals surface area (Å²) in [5.41, 5.74) is -0.856. The zero-order valence-electron chi connectivity index (χ0n) is 10.5. The molecule has 0 bridgehead atoms. The van der Waals surface area contributed by atoms with E-state index >= 15 is 0 Å². The van der Waals surface area contributed by atoms with Gasteiger partial charge in [0.15, 0.2) is 0 Å². The quantitative estimate of drug-likeness (QED) is 0.682. The largest absolute Gasteiger partial charge is 0.480 e. The van der Waals surface area contributed by atoms with Crippen molar-refractivity contribution in [2.45, 2.75) is 30.5 Å². The lowest BCUT2D eigenvalue weighted by atomic mass is 9.96. The lowest BCUT2D eigenvalue weighted by Crippen LogP contribution is -2.56. The van der Waals surface area contributed by atoms with Crippen LogP contribution in [0, 0.1) is 5.92 Å². The second kappa shape index (κ2) is 5.23. The third kappa shape index (κ3) is 2.49. The summed E-state index contributed by atoms with van der Waals surface area (Å²) in [6, 6.07) is 0. The van der Waals surface area contributed by atoms with Crippen molar-refractivity contribution >= 4 is 17.7 Å². The highest BCUT2D eigenvalue weighted by Crippen LogP contribution is 2.42. The molecular formula is C10H17N5O2S. The molecule has 0 aliphatic heterocycles. The molecule has 8 heteroatoms. The summed E-state index contributed by atoms with van der Waals surface area (Å²) in [7, 11) is 1.75. The Hall–Kier alpha value is -1.15. The van der Waals surface area contributed by atoms with Crippen molar-refractivity contribution in [2.75, 3.05) is 12.3 Å². The number of carbonyl (C=O) groups is 1. The van der Waals surface area contributed by atoms with Gasteiger partial charge in [0.2, 0.25) is 5.16 Å². The SMILES string of the molecule is CCNC(CSc1nnnn1C)(C(=O)O)C1CC1. The van der Waals surface area contributed by atoms with E-state index in [1.54, 1.807) is 11.7 Å². The Morgan fingerprint density at radius 1 is 1.67 bits per heavy atom. The van der Waals surface area contributed by atoms with Crippen molar-refractivity contribution in [3.8, 4) is 0 Å². The van der Waals surface area contributed by atoms with Gasteiger partial charge in [0, 0.05) is 12.8 Å². The summed E-state index contributed by atoms with van der Waals surface area (Å²) in [5.74, 6) is -0.132. The molecule has 1 aromatic heterocycles. The van der Waals surface area contributed by atoms with Crippen molar-refractivity contribution in [2.24, 2.45) is 13.0 Å². The van der Waals surface area contributed by atoms with Crippen molar-refractivity contribution in [3.05, 3.63) is 0 Å². The van der Waals surface area contributed by atoms with E-state index < -0.39 is 11.5 Å². The first-order chi connectivity index (χ1) is 8.60. The lowest BCUT2D eigenvalue weighted by Gasteiger charge is -2.29. The van der Waals surface area contributed by atoms with Crippen LogP contribution in [0.5, 0.6) is 0 Å². The molecule has 7 nitrogen and oxygen atoms in total. The summed E-state index contributed by atoms with van der Waals surface area (Å²) in [4.78, 5) is 11.6. The van der Waals surface area contributed by atoms with E-state index in [1.165, 1.54) is 11.8 Å². The van der Waals surface area contributed by atoms with Crippen molar-refractivity contribution in [1.29, 1.82) is 0 Å². The lowest BCUT2D eigenvalue weighted by molar-refractivity contribution is -0.144. The molecule has 100 valence electrons. The predicted octanol–water partition coefficient (Wildman–Crippen LogP) is 0.145. The van der Waals surface area contributed by atoms with E-state index in [9.17, 15) is 9.90 Å². The molecule has 0 saturated heterocycles. The molecule has 2 N–H and O–H groups in total. The number of carboxylic acid groups (broad SMARTS) is 1. The number of carboxylic acids is 1. The maximum Gasteiger partial charge on any atom is 0.325 e. The Morgan fingerprint density at radius 2 is 2.39 bits per heavy atom. The minimum Gasteiger partial charge on any atom is -0.480 e. The van der Waals surface area contributed by atoms with E-state index in [-0.39, 0.29) is 5.92 Å². The van der Waals surface area contributed by atoms with Crippen LogP contribution in [0.15, 0.2) is 5.16 Å². The topological polar surface area (TPSA) is 92.9 Å². The predicted molar refractivity (Wildman–Crippen MR) is 66.3 cm³/mol. The number of aryl methyl sites for hydroxylation is 1. The average molecular weight is 271 g/mol. The van der Waals surface area contributed by atoms with Crippen molar-refractivity contribution < 1.29 is 9.90 Å². The monoisotopic (exact) mass is 271 g/mol. The molecule has 1 heterocycles. The molecule has 1 aliphatic rings. The summed E-state index contributed by atoms with van der Waals surface area (Å²) in [5, 5.41) is 24.5. The number of nitrogens with one attached hydrogen (secondary N) is 1. The number of aliphatic carboxylic acids is 1. The molecule has 1 aromatic rings. The van der Waals surface area contributed by atoms with Gasteiger partial charge in [0.05, 0.1) is 0 Å². The van der Waals surface area contributed by atoms with E-state index in [0.717, 1.165) is 12.8 Å². The number of hydrogen-bond donors (Lipinski definition) is 2. The van der Waals surface area contributed by atoms with E-state index in [4.69, 9.17) is 0 Å². The Labute approximate surface area is 109 Å².